The van der Waals surface area contributed by atoms with E-state index in [2.05, 4.69) is 31.2 Å². The SMILES string of the molecule is CC(C)(C)OC(=O)NCCCCNc1cc(C(=O)Nc2cnc3ccccc3c2)nc2c1ccc1ccc(C(=O)Nc3cnc4ccccc4c3)nc12. The zero-order valence-corrected chi connectivity index (χ0v) is 29.6. The third-order valence-electron chi connectivity index (χ3n) is 8.39. The number of aromatic nitrogens is 4. The average Bonchev–Trinajstić information content (AvgIpc) is 3.14. The number of benzene rings is 3. The van der Waals surface area contributed by atoms with E-state index in [-0.39, 0.29) is 11.4 Å². The highest BCUT2D eigenvalue weighted by atomic mass is 16.6. The van der Waals surface area contributed by atoms with E-state index in [1.807, 2.05) is 99.6 Å². The number of nitrogens with one attached hydrogen (secondary N) is 4. The molecular weight excluding hydrogens is 669 g/mol. The van der Waals surface area contributed by atoms with Crippen LogP contribution in [0.1, 0.15) is 54.6 Å². The normalized spacial score (nSPS) is 11.5. The lowest BCUT2D eigenvalue weighted by atomic mass is 10.1. The van der Waals surface area contributed by atoms with Crippen LogP contribution in [0.2, 0.25) is 0 Å². The predicted octanol–water partition coefficient (Wildman–Crippen LogP) is 8.10. The molecule has 0 aliphatic carbocycles. The molecule has 12 nitrogen and oxygen atoms in total. The van der Waals surface area contributed by atoms with Crippen molar-refractivity contribution in [2.45, 2.75) is 39.2 Å². The predicted molar refractivity (Wildman–Crippen MR) is 208 cm³/mol. The molecule has 0 bridgehead atoms. The molecule has 0 saturated heterocycles. The highest BCUT2D eigenvalue weighted by Gasteiger charge is 2.18. The molecule has 0 unspecified atom stereocenters. The number of unbranched alkanes of at least 4 members (excludes halogenated alkanes) is 1. The average molecular weight is 707 g/mol. The fourth-order valence-electron chi connectivity index (χ4n) is 5.91. The molecule has 12 heteroatoms. The third-order valence-corrected chi connectivity index (χ3v) is 8.39. The van der Waals surface area contributed by atoms with E-state index in [9.17, 15) is 14.4 Å². The summed E-state index contributed by atoms with van der Waals surface area (Å²) in [5.41, 5.74) is 4.10. The molecule has 0 fully saturated rings. The van der Waals surface area contributed by atoms with E-state index in [0.717, 1.165) is 39.0 Å². The fraction of sp³-hybridized carbons (Fsp3) is 0.195. The number of rotatable bonds is 10. The van der Waals surface area contributed by atoms with Crippen molar-refractivity contribution in [2.75, 3.05) is 29.0 Å². The highest BCUT2D eigenvalue weighted by molar-refractivity contribution is 6.13. The van der Waals surface area contributed by atoms with Crippen LogP contribution in [-0.2, 0) is 4.74 Å². The maximum atomic E-state index is 13.8. The van der Waals surface area contributed by atoms with Gasteiger partial charge in [0.15, 0.2) is 0 Å². The summed E-state index contributed by atoms with van der Waals surface area (Å²) in [6, 6.07) is 28.1. The molecule has 7 rings (SSSR count). The van der Waals surface area contributed by atoms with E-state index in [0.29, 0.717) is 47.6 Å². The van der Waals surface area contributed by atoms with Gasteiger partial charge in [0.05, 0.1) is 45.8 Å². The molecule has 0 atom stereocenters. The number of carbonyl (C=O) groups is 3. The maximum Gasteiger partial charge on any atom is 0.407 e. The Labute approximate surface area is 305 Å². The summed E-state index contributed by atoms with van der Waals surface area (Å²) >= 11 is 0. The zero-order valence-electron chi connectivity index (χ0n) is 29.6. The Hall–Kier alpha value is -6.69. The highest BCUT2D eigenvalue weighted by Crippen LogP contribution is 2.30. The van der Waals surface area contributed by atoms with E-state index in [1.165, 1.54) is 0 Å². The summed E-state index contributed by atoms with van der Waals surface area (Å²) in [5, 5.41) is 15.4. The zero-order chi connectivity index (χ0) is 37.0. The fourth-order valence-corrected chi connectivity index (χ4v) is 5.91. The molecule has 4 N–H and O–H groups in total. The third kappa shape index (κ3) is 8.28. The van der Waals surface area contributed by atoms with Gasteiger partial charge in [-0.05, 0) is 76.1 Å². The standard InChI is InChI=1S/C41H38N8O4/c1-41(2,3)53-40(52)43-19-9-8-18-42-34-22-35(39(51)47-29-21-27-11-5-7-13-32(27)45-24-29)49-37-30(34)16-14-25-15-17-33(48-36(25)37)38(50)46-28-20-26-10-4-6-12-31(26)44-23-28/h4-7,10-17,20-24H,8-9,18-19H2,1-3H3,(H,42,49)(H,43,52)(H,46,50)(H,47,51). The van der Waals surface area contributed by atoms with Gasteiger partial charge in [0.25, 0.3) is 11.8 Å². The monoisotopic (exact) mass is 706 g/mol. The Kier molecular flexibility index (Phi) is 9.76. The molecule has 53 heavy (non-hydrogen) atoms. The quantitative estimate of drug-likeness (QED) is 0.0814. The van der Waals surface area contributed by atoms with E-state index in [4.69, 9.17) is 14.7 Å². The second-order valence-electron chi connectivity index (χ2n) is 13.6. The van der Waals surface area contributed by atoms with Crippen molar-refractivity contribution < 1.29 is 19.1 Å². The number of fused-ring (bicyclic) bond motifs is 5. The summed E-state index contributed by atoms with van der Waals surface area (Å²) in [6.45, 7) is 6.47. The molecule has 266 valence electrons. The van der Waals surface area contributed by atoms with Crippen molar-refractivity contribution in [1.82, 2.24) is 25.3 Å². The number of ether oxygens (including phenoxy) is 1. The van der Waals surface area contributed by atoms with Gasteiger partial charge in [-0.1, -0.05) is 48.5 Å². The first-order valence-corrected chi connectivity index (χ1v) is 17.4. The van der Waals surface area contributed by atoms with Gasteiger partial charge in [-0.3, -0.25) is 19.6 Å². The first-order valence-electron chi connectivity index (χ1n) is 17.4. The number of amides is 3. The van der Waals surface area contributed by atoms with Crippen molar-refractivity contribution in [3.63, 3.8) is 0 Å². The Balaban J connectivity index is 1.17. The summed E-state index contributed by atoms with van der Waals surface area (Å²) < 4.78 is 5.32. The van der Waals surface area contributed by atoms with E-state index < -0.39 is 23.5 Å². The number of pyridine rings is 4. The van der Waals surface area contributed by atoms with Gasteiger partial charge in [0, 0.05) is 40.3 Å². The number of hydrogen-bond donors (Lipinski definition) is 4. The minimum Gasteiger partial charge on any atom is -0.444 e. The van der Waals surface area contributed by atoms with Crippen molar-refractivity contribution in [1.29, 1.82) is 0 Å². The molecule has 4 heterocycles. The lowest BCUT2D eigenvalue weighted by Crippen LogP contribution is -2.33. The first-order chi connectivity index (χ1) is 25.6. The molecule has 0 aliphatic heterocycles. The van der Waals surface area contributed by atoms with Gasteiger partial charge in [0.2, 0.25) is 0 Å². The molecule has 0 radical (unpaired) electrons. The molecule has 0 saturated carbocycles. The second-order valence-corrected chi connectivity index (χ2v) is 13.6. The van der Waals surface area contributed by atoms with Gasteiger partial charge in [-0.2, -0.15) is 0 Å². The Morgan fingerprint density at radius 1 is 0.642 bits per heavy atom. The van der Waals surface area contributed by atoms with Crippen LogP contribution in [0.3, 0.4) is 0 Å². The molecule has 7 aromatic rings. The van der Waals surface area contributed by atoms with Crippen LogP contribution in [0.4, 0.5) is 21.9 Å². The van der Waals surface area contributed by atoms with Crippen LogP contribution >= 0.6 is 0 Å². The Morgan fingerprint density at radius 3 is 1.89 bits per heavy atom. The second kappa shape index (κ2) is 14.9. The van der Waals surface area contributed by atoms with Crippen LogP contribution in [0.25, 0.3) is 43.6 Å². The number of alkyl carbamates (subject to hydrolysis) is 1. The topological polar surface area (TPSA) is 160 Å². The van der Waals surface area contributed by atoms with Gasteiger partial charge in [0.1, 0.15) is 17.0 Å². The van der Waals surface area contributed by atoms with Crippen molar-refractivity contribution in [3.05, 3.63) is 115 Å². The molecule has 0 aliphatic rings. The van der Waals surface area contributed by atoms with Crippen molar-refractivity contribution in [3.8, 4) is 0 Å². The van der Waals surface area contributed by atoms with Gasteiger partial charge in [-0.15, -0.1) is 0 Å². The van der Waals surface area contributed by atoms with E-state index >= 15 is 0 Å². The molecular formula is C41H38N8O4. The number of carbonyl (C=O) groups excluding carboxylic acids is 3. The van der Waals surface area contributed by atoms with E-state index in [1.54, 1.807) is 24.5 Å². The lowest BCUT2D eigenvalue weighted by Gasteiger charge is -2.19. The summed E-state index contributed by atoms with van der Waals surface area (Å²) in [4.78, 5) is 57.8. The molecule has 3 amide bonds. The number of anilines is 3. The van der Waals surface area contributed by atoms with Gasteiger partial charge >= 0.3 is 6.09 Å². The minimum absolute atomic E-state index is 0.158. The van der Waals surface area contributed by atoms with Gasteiger partial charge in [-0.25, -0.2) is 14.8 Å². The minimum atomic E-state index is -0.568. The smallest absolute Gasteiger partial charge is 0.407 e. The van der Waals surface area contributed by atoms with Crippen LogP contribution in [0, 0.1) is 0 Å². The van der Waals surface area contributed by atoms with Crippen molar-refractivity contribution >= 4 is 78.6 Å². The first kappa shape index (κ1) is 34.7. The van der Waals surface area contributed by atoms with Gasteiger partial charge < -0.3 is 26.0 Å². The molecule has 3 aromatic carbocycles. The number of para-hydroxylation sites is 2. The van der Waals surface area contributed by atoms with Crippen molar-refractivity contribution in [2.24, 2.45) is 0 Å². The summed E-state index contributed by atoms with van der Waals surface area (Å²) in [6.07, 6.45) is 4.19. The number of nitrogens with zero attached hydrogens (tertiary/aromatic N) is 4. The number of hydrogen-bond acceptors (Lipinski definition) is 9. The van der Waals surface area contributed by atoms with Crippen LogP contribution in [0.15, 0.2) is 103 Å². The summed E-state index contributed by atoms with van der Waals surface area (Å²) in [7, 11) is 0. The summed E-state index contributed by atoms with van der Waals surface area (Å²) in [5.74, 6) is -0.833. The van der Waals surface area contributed by atoms with Crippen LogP contribution in [-0.4, -0.2) is 56.5 Å². The lowest BCUT2D eigenvalue weighted by molar-refractivity contribution is 0.0526. The maximum absolute atomic E-state index is 13.8. The molecule has 4 aromatic heterocycles. The largest absolute Gasteiger partial charge is 0.444 e. The van der Waals surface area contributed by atoms with Crippen LogP contribution in [0.5, 0.6) is 0 Å². The van der Waals surface area contributed by atoms with Crippen LogP contribution < -0.4 is 21.3 Å². The molecule has 0 spiro atoms. The Morgan fingerprint density at radius 2 is 1.23 bits per heavy atom. The Bertz CT molecular complexity index is 2510.